The summed E-state index contributed by atoms with van der Waals surface area (Å²) in [7, 11) is 0. The predicted octanol–water partition coefficient (Wildman–Crippen LogP) is 2.83. The maximum absolute atomic E-state index is 9.04. The van der Waals surface area contributed by atoms with E-state index in [2.05, 4.69) is 35.6 Å². The van der Waals surface area contributed by atoms with Crippen molar-refractivity contribution in [1.82, 2.24) is 5.32 Å². The molecular formula is C18H21NO2. The van der Waals surface area contributed by atoms with Crippen LogP contribution in [-0.4, -0.2) is 18.3 Å². The molecular weight excluding hydrogens is 262 g/mol. The SMILES string of the molecule is OCc1ccc(CNCC2CCOc3ccccc32)cc1. The summed E-state index contributed by atoms with van der Waals surface area (Å²) in [5.41, 5.74) is 3.51. The minimum Gasteiger partial charge on any atom is -0.493 e. The third kappa shape index (κ3) is 3.43. The molecule has 21 heavy (non-hydrogen) atoms. The van der Waals surface area contributed by atoms with Gasteiger partial charge in [0.2, 0.25) is 0 Å². The second-order valence-corrected chi connectivity index (χ2v) is 5.48. The molecule has 2 aromatic rings. The molecule has 3 heteroatoms. The van der Waals surface area contributed by atoms with Crippen LogP contribution < -0.4 is 10.1 Å². The zero-order valence-corrected chi connectivity index (χ0v) is 12.1. The lowest BCUT2D eigenvalue weighted by Crippen LogP contribution is -2.25. The van der Waals surface area contributed by atoms with E-state index >= 15 is 0 Å². The molecule has 0 fully saturated rings. The van der Waals surface area contributed by atoms with Gasteiger partial charge in [0.25, 0.3) is 0 Å². The second kappa shape index (κ2) is 6.74. The summed E-state index contributed by atoms with van der Waals surface area (Å²) in [5.74, 6) is 1.55. The number of benzene rings is 2. The number of ether oxygens (including phenoxy) is 1. The first kappa shape index (κ1) is 14.1. The van der Waals surface area contributed by atoms with Crippen LogP contribution in [0.4, 0.5) is 0 Å². The van der Waals surface area contributed by atoms with Gasteiger partial charge in [-0.3, -0.25) is 0 Å². The van der Waals surface area contributed by atoms with E-state index in [9.17, 15) is 0 Å². The van der Waals surface area contributed by atoms with Gasteiger partial charge in [-0.2, -0.15) is 0 Å². The third-order valence-electron chi connectivity index (χ3n) is 4.01. The molecule has 0 bridgehead atoms. The highest BCUT2D eigenvalue weighted by Crippen LogP contribution is 2.32. The Hall–Kier alpha value is -1.84. The number of hydrogen-bond donors (Lipinski definition) is 2. The van der Waals surface area contributed by atoms with Crippen molar-refractivity contribution in [3.05, 3.63) is 65.2 Å². The molecule has 1 aliphatic rings. The third-order valence-corrected chi connectivity index (χ3v) is 4.01. The molecule has 110 valence electrons. The quantitative estimate of drug-likeness (QED) is 0.886. The van der Waals surface area contributed by atoms with Gasteiger partial charge in [-0.1, -0.05) is 42.5 Å². The Kier molecular flexibility index (Phi) is 4.53. The number of aliphatic hydroxyl groups is 1. The van der Waals surface area contributed by atoms with E-state index in [0.29, 0.717) is 5.92 Å². The highest BCUT2D eigenvalue weighted by atomic mass is 16.5. The first-order chi connectivity index (χ1) is 10.4. The normalized spacial score (nSPS) is 17.1. The van der Waals surface area contributed by atoms with E-state index in [4.69, 9.17) is 9.84 Å². The maximum atomic E-state index is 9.04. The molecule has 0 amide bonds. The van der Waals surface area contributed by atoms with Gasteiger partial charge in [-0.15, -0.1) is 0 Å². The molecule has 0 saturated carbocycles. The minimum absolute atomic E-state index is 0.104. The maximum Gasteiger partial charge on any atom is 0.122 e. The zero-order chi connectivity index (χ0) is 14.5. The molecule has 2 N–H and O–H groups in total. The average Bonchev–Trinajstić information content (AvgIpc) is 2.56. The van der Waals surface area contributed by atoms with Crippen LogP contribution >= 0.6 is 0 Å². The first-order valence-corrected chi connectivity index (χ1v) is 7.48. The van der Waals surface area contributed by atoms with E-state index in [1.165, 1.54) is 11.1 Å². The molecule has 3 nitrogen and oxygen atoms in total. The monoisotopic (exact) mass is 283 g/mol. The van der Waals surface area contributed by atoms with Crippen molar-refractivity contribution in [2.24, 2.45) is 0 Å². The van der Waals surface area contributed by atoms with Gasteiger partial charge in [0, 0.05) is 19.0 Å². The highest BCUT2D eigenvalue weighted by molar-refractivity contribution is 5.38. The molecule has 1 atom stereocenters. The summed E-state index contributed by atoms with van der Waals surface area (Å²) in [6, 6.07) is 16.4. The van der Waals surface area contributed by atoms with Crippen LogP contribution in [0.15, 0.2) is 48.5 Å². The van der Waals surface area contributed by atoms with Gasteiger partial charge in [0.05, 0.1) is 13.2 Å². The first-order valence-electron chi connectivity index (χ1n) is 7.48. The van der Waals surface area contributed by atoms with Gasteiger partial charge in [-0.05, 0) is 29.2 Å². The predicted molar refractivity (Wildman–Crippen MR) is 83.4 cm³/mol. The number of fused-ring (bicyclic) bond motifs is 1. The number of rotatable bonds is 5. The second-order valence-electron chi connectivity index (χ2n) is 5.48. The fraction of sp³-hybridized carbons (Fsp3) is 0.333. The Morgan fingerprint density at radius 3 is 2.62 bits per heavy atom. The number of para-hydroxylation sites is 1. The van der Waals surface area contributed by atoms with Crippen molar-refractivity contribution in [2.45, 2.75) is 25.5 Å². The van der Waals surface area contributed by atoms with Crippen molar-refractivity contribution in [3.63, 3.8) is 0 Å². The molecule has 1 aliphatic heterocycles. The lowest BCUT2D eigenvalue weighted by atomic mass is 9.93. The van der Waals surface area contributed by atoms with Crippen molar-refractivity contribution in [3.8, 4) is 5.75 Å². The smallest absolute Gasteiger partial charge is 0.122 e. The van der Waals surface area contributed by atoms with E-state index in [-0.39, 0.29) is 6.61 Å². The summed E-state index contributed by atoms with van der Waals surface area (Å²) < 4.78 is 5.69. The van der Waals surface area contributed by atoms with Gasteiger partial charge < -0.3 is 15.2 Å². The lowest BCUT2D eigenvalue weighted by Gasteiger charge is -2.26. The van der Waals surface area contributed by atoms with Crippen LogP contribution in [0.1, 0.15) is 29.0 Å². The Balaban J connectivity index is 1.56. The van der Waals surface area contributed by atoms with Crippen LogP contribution in [0.5, 0.6) is 5.75 Å². The van der Waals surface area contributed by atoms with Crippen LogP contribution in [0.2, 0.25) is 0 Å². The Morgan fingerprint density at radius 2 is 1.81 bits per heavy atom. The summed E-state index contributed by atoms with van der Waals surface area (Å²) in [5, 5.41) is 12.6. The Bertz CT molecular complexity index is 580. The van der Waals surface area contributed by atoms with E-state index in [1.807, 2.05) is 18.2 Å². The van der Waals surface area contributed by atoms with E-state index in [0.717, 1.165) is 37.4 Å². The fourth-order valence-corrected chi connectivity index (χ4v) is 2.78. The van der Waals surface area contributed by atoms with Crippen LogP contribution in [0, 0.1) is 0 Å². The van der Waals surface area contributed by atoms with Crippen molar-refractivity contribution < 1.29 is 9.84 Å². The molecule has 0 spiro atoms. The summed E-state index contributed by atoms with van der Waals surface area (Å²) in [6.07, 6.45) is 1.06. The number of nitrogens with one attached hydrogen (secondary N) is 1. The number of aliphatic hydroxyl groups excluding tert-OH is 1. The lowest BCUT2D eigenvalue weighted by molar-refractivity contribution is 0.264. The molecule has 0 saturated heterocycles. The van der Waals surface area contributed by atoms with E-state index < -0.39 is 0 Å². The largest absolute Gasteiger partial charge is 0.493 e. The summed E-state index contributed by atoms with van der Waals surface area (Å²) in [4.78, 5) is 0. The van der Waals surface area contributed by atoms with Crippen molar-refractivity contribution in [2.75, 3.05) is 13.2 Å². The van der Waals surface area contributed by atoms with Gasteiger partial charge in [-0.25, -0.2) is 0 Å². The molecule has 2 aromatic carbocycles. The molecule has 0 radical (unpaired) electrons. The van der Waals surface area contributed by atoms with Crippen molar-refractivity contribution >= 4 is 0 Å². The molecule has 3 rings (SSSR count). The van der Waals surface area contributed by atoms with E-state index in [1.54, 1.807) is 0 Å². The van der Waals surface area contributed by atoms with Gasteiger partial charge in [0.1, 0.15) is 5.75 Å². The van der Waals surface area contributed by atoms with Gasteiger partial charge in [0.15, 0.2) is 0 Å². The van der Waals surface area contributed by atoms with Crippen LogP contribution in [0.3, 0.4) is 0 Å². The molecule has 0 aromatic heterocycles. The van der Waals surface area contributed by atoms with Crippen LogP contribution in [-0.2, 0) is 13.2 Å². The molecule has 0 aliphatic carbocycles. The zero-order valence-electron chi connectivity index (χ0n) is 12.1. The topological polar surface area (TPSA) is 41.5 Å². The average molecular weight is 283 g/mol. The highest BCUT2D eigenvalue weighted by Gasteiger charge is 2.20. The summed E-state index contributed by atoms with van der Waals surface area (Å²) >= 11 is 0. The minimum atomic E-state index is 0.104. The Morgan fingerprint density at radius 1 is 1.05 bits per heavy atom. The molecule has 1 unspecified atom stereocenters. The van der Waals surface area contributed by atoms with Crippen LogP contribution in [0.25, 0.3) is 0 Å². The number of hydrogen-bond acceptors (Lipinski definition) is 3. The fourth-order valence-electron chi connectivity index (χ4n) is 2.78. The Labute approximate surface area is 125 Å². The molecule has 1 heterocycles. The summed E-state index contributed by atoms with van der Waals surface area (Å²) in [6.45, 7) is 2.72. The van der Waals surface area contributed by atoms with Crippen molar-refractivity contribution in [1.29, 1.82) is 0 Å². The van der Waals surface area contributed by atoms with Gasteiger partial charge >= 0.3 is 0 Å². The standard InChI is InChI=1S/C18H21NO2/c20-13-15-7-5-14(6-8-15)11-19-12-16-9-10-21-18-4-2-1-3-17(16)18/h1-8,16,19-20H,9-13H2.